The zero-order valence-corrected chi connectivity index (χ0v) is 10.7. The molecule has 1 aromatic rings. The number of aliphatic hydroxyl groups excluding tert-OH is 1. The molecule has 0 aromatic heterocycles. The van der Waals surface area contributed by atoms with Crippen molar-refractivity contribution in [3.8, 4) is 0 Å². The van der Waals surface area contributed by atoms with E-state index >= 15 is 0 Å². The van der Waals surface area contributed by atoms with Crippen LogP contribution in [0.15, 0.2) is 23.1 Å². The number of rotatable bonds is 5. The van der Waals surface area contributed by atoms with Crippen LogP contribution in [0, 0.1) is 5.82 Å². The summed E-state index contributed by atoms with van der Waals surface area (Å²) in [4.78, 5) is -0.132. The van der Waals surface area contributed by atoms with E-state index in [0.717, 1.165) is 18.2 Å². The maximum Gasteiger partial charge on any atom is 0.240 e. The smallest absolute Gasteiger partial charge is 0.240 e. The Morgan fingerprint density at radius 1 is 1.53 bits per heavy atom. The van der Waals surface area contributed by atoms with Crippen LogP contribution in [-0.4, -0.2) is 26.2 Å². The van der Waals surface area contributed by atoms with Gasteiger partial charge in [0.05, 0.1) is 16.0 Å². The molecule has 0 bridgehead atoms. The lowest BCUT2D eigenvalue weighted by Gasteiger charge is -2.10. The van der Waals surface area contributed by atoms with Crippen molar-refractivity contribution in [2.45, 2.75) is 24.3 Å². The molecule has 0 radical (unpaired) electrons. The summed E-state index contributed by atoms with van der Waals surface area (Å²) in [6.07, 6.45) is -0.312. The number of hydrogen-bond donors (Lipinski definition) is 2. The molecule has 1 unspecified atom stereocenters. The highest BCUT2D eigenvalue weighted by atomic mass is 35.5. The molecule has 0 heterocycles. The van der Waals surface area contributed by atoms with Crippen molar-refractivity contribution in [2.24, 2.45) is 0 Å². The van der Waals surface area contributed by atoms with Crippen molar-refractivity contribution >= 4 is 21.6 Å². The first-order chi connectivity index (χ1) is 7.86. The average Bonchev–Trinajstić information content (AvgIpc) is 2.29. The van der Waals surface area contributed by atoms with Gasteiger partial charge in [0.15, 0.2) is 0 Å². The maximum absolute atomic E-state index is 12.9. The predicted molar refractivity (Wildman–Crippen MR) is 62.9 cm³/mol. The molecule has 96 valence electrons. The maximum atomic E-state index is 12.9. The monoisotopic (exact) mass is 281 g/mol. The average molecular weight is 282 g/mol. The second kappa shape index (κ2) is 5.77. The molecule has 7 heteroatoms. The molecule has 0 saturated carbocycles. The molecule has 17 heavy (non-hydrogen) atoms. The highest BCUT2D eigenvalue weighted by molar-refractivity contribution is 7.89. The van der Waals surface area contributed by atoms with Gasteiger partial charge in [-0.1, -0.05) is 18.5 Å². The fourth-order valence-corrected chi connectivity index (χ4v) is 2.42. The van der Waals surface area contributed by atoms with Gasteiger partial charge in [0.2, 0.25) is 10.0 Å². The van der Waals surface area contributed by atoms with Gasteiger partial charge in [-0.2, -0.15) is 0 Å². The van der Waals surface area contributed by atoms with E-state index in [1.807, 2.05) is 0 Å². The molecule has 0 fully saturated rings. The van der Waals surface area contributed by atoms with Crippen molar-refractivity contribution in [1.82, 2.24) is 4.72 Å². The number of benzene rings is 1. The number of hydrogen-bond acceptors (Lipinski definition) is 3. The van der Waals surface area contributed by atoms with E-state index in [4.69, 9.17) is 11.6 Å². The lowest BCUT2D eigenvalue weighted by Crippen LogP contribution is -2.31. The number of sulfonamides is 1. The third-order valence-electron chi connectivity index (χ3n) is 2.18. The van der Waals surface area contributed by atoms with Gasteiger partial charge in [-0.05, 0) is 24.6 Å². The van der Waals surface area contributed by atoms with Crippen LogP contribution >= 0.6 is 11.6 Å². The fraction of sp³-hybridized carbons (Fsp3) is 0.400. The summed E-state index contributed by atoms with van der Waals surface area (Å²) in [5.41, 5.74) is 0. The molecular weight excluding hydrogens is 269 g/mol. The minimum atomic E-state index is -3.77. The molecule has 0 aliphatic carbocycles. The third kappa shape index (κ3) is 3.92. The standard InChI is InChI=1S/C10H13ClFNO3S/c1-2-7(14)6-13-17(15,16)8-3-4-10(12)9(11)5-8/h3-5,7,13-14H,2,6H2,1H3. The summed E-state index contributed by atoms with van der Waals surface area (Å²) in [5.74, 6) is -0.681. The zero-order valence-electron chi connectivity index (χ0n) is 9.15. The second-order valence-corrected chi connectivity index (χ2v) is 5.66. The lowest BCUT2D eigenvalue weighted by molar-refractivity contribution is 0.174. The van der Waals surface area contributed by atoms with E-state index in [0.29, 0.717) is 6.42 Å². The molecular formula is C10H13ClFNO3S. The molecule has 1 atom stereocenters. The normalized spacial score (nSPS) is 13.6. The molecule has 0 aliphatic rings. The first-order valence-corrected chi connectivity index (χ1v) is 6.85. The Bertz CT molecular complexity index is 492. The van der Waals surface area contributed by atoms with Gasteiger partial charge in [0.25, 0.3) is 0 Å². The summed E-state index contributed by atoms with van der Waals surface area (Å²) >= 11 is 5.49. The molecule has 1 aromatic carbocycles. The van der Waals surface area contributed by atoms with Crippen molar-refractivity contribution in [3.63, 3.8) is 0 Å². The molecule has 4 nitrogen and oxygen atoms in total. The Morgan fingerprint density at radius 2 is 2.18 bits per heavy atom. The molecule has 2 N–H and O–H groups in total. The molecule has 0 amide bonds. The first kappa shape index (κ1) is 14.4. The summed E-state index contributed by atoms with van der Waals surface area (Å²) < 4.78 is 38.5. The van der Waals surface area contributed by atoms with Gasteiger partial charge < -0.3 is 5.11 Å². The summed E-state index contributed by atoms with van der Waals surface area (Å²) in [5, 5.41) is 8.99. The lowest BCUT2D eigenvalue weighted by atomic mass is 10.3. The van der Waals surface area contributed by atoms with E-state index in [1.54, 1.807) is 6.92 Å². The Morgan fingerprint density at radius 3 is 2.71 bits per heavy atom. The summed E-state index contributed by atoms with van der Waals surface area (Å²) in [6.45, 7) is 1.64. The first-order valence-electron chi connectivity index (χ1n) is 4.99. The highest BCUT2D eigenvalue weighted by Gasteiger charge is 2.16. The van der Waals surface area contributed by atoms with Crippen molar-refractivity contribution in [1.29, 1.82) is 0 Å². The van der Waals surface area contributed by atoms with Crippen LogP contribution in [0.1, 0.15) is 13.3 Å². The minimum absolute atomic E-state index is 0.0895. The van der Waals surface area contributed by atoms with Crippen LogP contribution in [0.2, 0.25) is 5.02 Å². The Hall–Kier alpha value is -0.690. The topological polar surface area (TPSA) is 66.4 Å². The van der Waals surface area contributed by atoms with E-state index in [2.05, 4.69) is 4.72 Å². The van der Waals surface area contributed by atoms with Gasteiger partial charge in [0.1, 0.15) is 5.82 Å². The predicted octanol–water partition coefficient (Wildman–Crippen LogP) is 1.53. The van der Waals surface area contributed by atoms with Crippen molar-refractivity contribution in [3.05, 3.63) is 29.0 Å². The van der Waals surface area contributed by atoms with E-state index < -0.39 is 21.9 Å². The van der Waals surface area contributed by atoms with Crippen LogP contribution < -0.4 is 4.72 Å². The number of nitrogens with one attached hydrogen (secondary N) is 1. The Balaban J connectivity index is 2.86. The Labute approximate surface area is 104 Å². The Kier molecular flexibility index (Phi) is 4.88. The molecule has 1 rings (SSSR count). The zero-order chi connectivity index (χ0) is 13.1. The fourth-order valence-electron chi connectivity index (χ4n) is 1.08. The molecule has 0 saturated heterocycles. The van der Waals surface area contributed by atoms with E-state index in [9.17, 15) is 17.9 Å². The largest absolute Gasteiger partial charge is 0.392 e. The van der Waals surface area contributed by atoms with E-state index in [-0.39, 0.29) is 16.5 Å². The van der Waals surface area contributed by atoms with Gasteiger partial charge in [-0.25, -0.2) is 17.5 Å². The number of aliphatic hydroxyl groups is 1. The van der Waals surface area contributed by atoms with Gasteiger partial charge in [-0.15, -0.1) is 0 Å². The van der Waals surface area contributed by atoms with Crippen LogP contribution in [0.25, 0.3) is 0 Å². The third-order valence-corrected chi connectivity index (χ3v) is 3.89. The quantitative estimate of drug-likeness (QED) is 0.860. The number of halogens is 2. The molecule has 0 aliphatic heterocycles. The SMILES string of the molecule is CCC(O)CNS(=O)(=O)c1ccc(F)c(Cl)c1. The van der Waals surface area contributed by atoms with Crippen LogP contribution in [0.4, 0.5) is 4.39 Å². The second-order valence-electron chi connectivity index (χ2n) is 3.49. The van der Waals surface area contributed by atoms with E-state index in [1.165, 1.54) is 0 Å². The molecule has 0 spiro atoms. The summed E-state index contributed by atoms with van der Waals surface area (Å²) in [7, 11) is -3.77. The van der Waals surface area contributed by atoms with Gasteiger partial charge >= 0.3 is 0 Å². The minimum Gasteiger partial charge on any atom is -0.392 e. The van der Waals surface area contributed by atoms with Crippen LogP contribution in [0.5, 0.6) is 0 Å². The summed E-state index contributed by atoms with van der Waals surface area (Å²) in [6, 6.07) is 3.12. The van der Waals surface area contributed by atoms with Crippen molar-refractivity contribution in [2.75, 3.05) is 6.54 Å². The van der Waals surface area contributed by atoms with Gasteiger partial charge in [-0.3, -0.25) is 0 Å². The van der Waals surface area contributed by atoms with Gasteiger partial charge in [0, 0.05) is 6.54 Å². The van der Waals surface area contributed by atoms with Crippen LogP contribution in [-0.2, 0) is 10.0 Å². The van der Waals surface area contributed by atoms with Crippen molar-refractivity contribution < 1.29 is 17.9 Å². The van der Waals surface area contributed by atoms with Crippen LogP contribution in [0.3, 0.4) is 0 Å². The highest BCUT2D eigenvalue weighted by Crippen LogP contribution is 2.19.